The zero-order valence-corrected chi connectivity index (χ0v) is 25.4. The van der Waals surface area contributed by atoms with Crippen LogP contribution in [0.5, 0.6) is 0 Å². The van der Waals surface area contributed by atoms with Crippen LogP contribution in [0.25, 0.3) is 33.3 Å². The summed E-state index contributed by atoms with van der Waals surface area (Å²) in [5.74, 6) is -1.28. The van der Waals surface area contributed by atoms with Gasteiger partial charge in [-0.2, -0.15) is 4.31 Å². The second-order valence-corrected chi connectivity index (χ2v) is 12.5. The van der Waals surface area contributed by atoms with Crippen LogP contribution in [-0.2, 0) is 24.3 Å². The number of nitrogens with zero attached hydrogens (tertiary/aromatic N) is 2. The van der Waals surface area contributed by atoms with Gasteiger partial charge in [-0.3, -0.25) is 4.79 Å². The molecule has 0 aliphatic carbocycles. The van der Waals surface area contributed by atoms with E-state index in [9.17, 15) is 18.0 Å². The van der Waals surface area contributed by atoms with Gasteiger partial charge in [0.05, 0.1) is 34.9 Å². The average Bonchev–Trinajstić information content (AvgIpc) is 3.08. The number of morpholine rings is 1. The Balaban J connectivity index is 1.18. The summed E-state index contributed by atoms with van der Waals surface area (Å²) in [4.78, 5) is 31.0. The van der Waals surface area contributed by atoms with E-state index in [1.165, 1.54) is 10.4 Å². The Kier molecular flexibility index (Phi) is 8.70. The second-order valence-electron chi connectivity index (χ2n) is 10.6. The van der Waals surface area contributed by atoms with Gasteiger partial charge in [0.25, 0.3) is 5.91 Å². The number of benzene rings is 4. The molecule has 0 radical (unpaired) electrons. The topological polar surface area (TPSA) is 115 Å². The van der Waals surface area contributed by atoms with Gasteiger partial charge in [0, 0.05) is 29.7 Å². The average molecular weight is 622 g/mol. The number of nitrogens with one attached hydrogen (secondary N) is 1. The predicted octanol–water partition coefficient (Wildman–Crippen LogP) is 5.69. The van der Waals surface area contributed by atoms with Crippen molar-refractivity contribution in [3.05, 3.63) is 114 Å². The largest absolute Gasteiger partial charge is 0.452 e. The molecule has 0 spiro atoms. The van der Waals surface area contributed by atoms with E-state index in [1.807, 2.05) is 72.8 Å². The smallest absolute Gasteiger partial charge is 0.339 e. The Morgan fingerprint density at radius 1 is 0.844 bits per heavy atom. The molecule has 9 nitrogen and oxygen atoms in total. The van der Waals surface area contributed by atoms with Crippen molar-refractivity contribution in [3.8, 4) is 22.4 Å². The first-order valence-electron chi connectivity index (χ1n) is 14.5. The molecule has 5 aromatic rings. The highest BCUT2D eigenvalue weighted by Gasteiger charge is 2.28. The van der Waals surface area contributed by atoms with Gasteiger partial charge < -0.3 is 14.8 Å². The number of para-hydroxylation sites is 1. The van der Waals surface area contributed by atoms with Crippen molar-refractivity contribution in [2.24, 2.45) is 0 Å². The third-order valence-corrected chi connectivity index (χ3v) is 9.66. The molecule has 1 N–H and O–H groups in total. The van der Waals surface area contributed by atoms with Crippen molar-refractivity contribution in [2.75, 3.05) is 38.2 Å². The maximum atomic E-state index is 13.3. The zero-order chi connectivity index (χ0) is 31.4. The second kappa shape index (κ2) is 13.0. The number of hydrogen-bond donors (Lipinski definition) is 1. The summed E-state index contributed by atoms with van der Waals surface area (Å²) in [5.41, 5.74) is 5.32. The summed E-state index contributed by atoms with van der Waals surface area (Å²) < 4.78 is 38.5. The van der Waals surface area contributed by atoms with E-state index in [-0.39, 0.29) is 29.2 Å². The van der Waals surface area contributed by atoms with Crippen molar-refractivity contribution in [1.29, 1.82) is 0 Å². The highest BCUT2D eigenvalue weighted by atomic mass is 32.2. The lowest BCUT2D eigenvalue weighted by molar-refractivity contribution is -0.119. The first-order chi connectivity index (χ1) is 21.8. The molecule has 0 saturated carbocycles. The number of hydrogen-bond acceptors (Lipinski definition) is 7. The van der Waals surface area contributed by atoms with Crippen LogP contribution in [0.1, 0.15) is 15.9 Å². The highest BCUT2D eigenvalue weighted by molar-refractivity contribution is 7.89. The van der Waals surface area contributed by atoms with E-state index >= 15 is 0 Å². The number of pyridine rings is 1. The van der Waals surface area contributed by atoms with Gasteiger partial charge in [-0.15, -0.1) is 0 Å². The van der Waals surface area contributed by atoms with E-state index in [0.29, 0.717) is 35.4 Å². The van der Waals surface area contributed by atoms with Crippen molar-refractivity contribution < 1.29 is 27.5 Å². The van der Waals surface area contributed by atoms with Crippen LogP contribution in [0.2, 0.25) is 0 Å². The first-order valence-corrected chi connectivity index (χ1v) is 15.9. The Hall–Kier alpha value is -4.90. The van der Waals surface area contributed by atoms with Gasteiger partial charge in [0.1, 0.15) is 0 Å². The maximum absolute atomic E-state index is 13.3. The summed E-state index contributed by atoms with van der Waals surface area (Å²) in [6.07, 6.45) is 0. The third kappa shape index (κ3) is 6.63. The number of amides is 1. The maximum Gasteiger partial charge on any atom is 0.339 e. The molecule has 228 valence electrons. The van der Waals surface area contributed by atoms with Gasteiger partial charge >= 0.3 is 5.97 Å². The molecule has 1 aromatic heterocycles. The molecule has 45 heavy (non-hydrogen) atoms. The molecule has 1 aliphatic rings. The standard InChI is InChI=1S/C35H31N3O6S/c1-24-11-16-28(21-33(24)45(41,42)38-17-19-43-20-18-38)36-34(39)23-44-35(40)30-22-32(37-31-10-6-5-9-29(30)31)27-14-12-26(13-15-27)25-7-3-2-4-8-25/h2-16,21-22H,17-20,23H2,1H3,(H,36,39). The molecule has 0 bridgehead atoms. The van der Waals surface area contributed by atoms with Gasteiger partial charge in [-0.05, 0) is 47.9 Å². The minimum Gasteiger partial charge on any atom is -0.452 e. The molecular weight excluding hydrogens is 590 g/mol. The number of aryl methyl sites for hydroxylation is 1. The zero-order valence-electron chi connectivity index (χ0n) is 24.6. The van der Waals surface area contributed by atoms with Crippen LogP contribution < -0.4 is 5.32 Å². The molecule has 1 amide bonds. The predicted molar refractivity (Wildman–Crippen MR) is 172 cm³/mol. The summed E-state index contributed by atoms with van der Waals surface area (Å²) in [5, 5.41) is 3.25. The number of carbonyl (C=O) groups is 2. The van der Waals surface area contributed by atoms with Gasteiger partial charge in [0.15, 0.2) is 6.61 Å². The number of aromatic nitrogens is 1. The van der Waals surface area contributed by atoms with Crippen LogP contribution in [0.15, 0.2) is 108 Å². The summed E-state index contributed by atoms with van der Waals surface area (Å²) >= 11 is 0. The van der Waals surface area contributed by atoms with E-state index in [1.54, 1.807) is 31.2 Å². The van der Waals surface area contributed by atoms with Crippen molar-refractivity contribution in [2.45, 2.75) is 11.8 Å². The quantitative estimate of drug-likeness (QED) is 0.221. The number of carbonyl (C=O) groups excluding carboxylic acids is 2. The van der Waals surface area contributed by atoms with E-state index in [0.717, 1.165) is 16.7 Å². The van der Waals surface area contributed by atoms with Gasteiger partial charge in [-0.1, -0.05) is 78.9 Å². The van der Waals surface area contributed by atoms with Crippen LogP contribution in [0.3, 0.4) is 0 Å². The molecule has 4 aromatic carbocycles. The Morgan fingerprint density at radius 3 is 2.27 bits per heavy atom. The first kappa shape index (κ1) is 30.1. The fourth-order valence-electron chi connectivity index (χ4n) is 5.24. The van der Waals surface area contributed by atoms with Crippen LogP contribution in [-0.4, -0.2) is 62.5 Å². The van der Waals surface area contributed by atoms with Gasteiger partial charge in [0.2, 0.25) is 10.0 Å². The SMILES string of the molecule is Cc1ccc(NC(=O)COC(=O)c2cc(-c3ccc(-c4ccccc4)cc3)nc3ccccc23)cc1S(=O)(=O)N1CCOCC1. The lowest BCUT2D eigenvalue weighted by Gasteiger charge is -2.26. The van der Waals surface area contributed by atoms with Crippen LogP contribution in [0.4, 0.5) is 5.69 Å². The minimum absolute atomic E-state index is 0.104. The lowest BCUT2D eigenvalue weighted by atomic mass is 10.0. The molecule has 0 unspecified atom stereocenters. The Morgan fingerprint density at radius 2 is 1.51 bits per heavy atom. The lowest BCUT2D eigenvalue weighted by Crippen LogP contribution is -2.40. The number of sulfonamides is 1. The van der Waals surface area contributed by atoms with Gasteiger partial charge in [-0.25, -0.2) is 18.2 Å². The van der Waals surface area contributed by atoms with E-state index in [2.05, 4.69) is 5.32 Å². The highest BCUT2D eigenvalue weighted by Crippen LogP contribution is 2.28. The van der Waals surface area contributed by atoms with Crippen LogP contribution in [0, 0.1) is 6.92 Å². The molecule has 0 atom stereocenters. The fourth-order valence-corrected chi connectivity index (χ4v) is 6.90. The summed E-state index contributed by atoms with van der Waals surface area (Å²) in [6.45, 7) is 2.32. The van der Waals surface area contributed by atoms with E-state index < -0.39 is 28.5 Å². The van der Waals surface area contributed by atoms with Crippen molar-refractivity contribution in [1.82, 2.24) is 9.29 Å². The normalized spacial score (nSPS) is 13.8. The summed E-state index contributed by atoms with van der Waals surface area (Å²) in [6, 6.07) is 31.5. The molecule has 1 saturated heterocycles. The Bertz CT molecular complexity index is 1970. The minimum atomic E-state index is -3.77. The van der Waals surface area contributed by atoms with Crippen molar-refractivity contribution >= 4 is 38.5 Å². The van der Waals surface area contributed by atoms with Crippen molar-refractivity contribution in [3.63, 3.8) is 0 Å². The molecule has 1 fully saturated rings. The molecule has 10 heteroatoms. The number of ether oxygens (including phenoxy) is 2. The number of rotatable bonds is 8. The third-order valence-electron chi connectivity index (χ3n) is 7.62. The Labute approximate surface area is 261 Å². The monoisotopic (exact) mass is 621 g/mol. The van der Waals surface area contributed by atoms with Crippen LogP contribution >= 0.6 is 0 Å². The van der Waals surface area contributed by atoms with E-state index in [4.69, 9.17) is 14.5 Å². The number of esters is 1. The number of anilines is 1. The molecule has 1 aliphatic heterocycles. The molecule has 6 rings (SSSR count). The molecule has 2 heterocycles. The number of fused-ring (bicyclic) bond motifs is 1. The fraction of sp³-hybridized carbons (Fsp3) is 0.171. The molecular formula is C35H31N3O6S. The summed E-state index contributed by atoms with van der Waals surface area (Å²) in [7, 11) is -3.77.